The summed E-state index contributed by atoms with van der Waals surface area (Å²) < 4.78 is 18.0. The fourth-order valence-electron chi connectivity index (χ4n) is 3.20. The molecular weight excluding hydrogens is 283 g/mol. The van der Waals surface area contributed by atoms with E-state index in [2.05, 4.69) is 5.32 Å². The van der Waals surface area contributed by atoms with Crippen LogP contribution < -0.4 is 15.8 Å². The Labute approximate surface area is 131 Å². The maximum Gasteiger partial charge on any atom is 0.119 e. The lowest BCUT2D eigenvalue weighted by atomic mass is 9.77. The molecule has 4 N–H and O–H groups in total. The second-order valence-corrected chi connectivity index (χ2v) is 5.84. The molecule has 122 valence electrons. The molecule has 0 spiro atoms. The molecule has 0 radical (unpaired) electrons. The number of likely N-dealkylation sites (N-methyl/N-ethyl adjacent to an activating group) is 1. The molecule has 1 saturated carbocycles. The average Bonchev–Trinajstić information content (AvgIpc) is 3.06. The first kappa shape index (κ1) is 16.9. The highest BCUT2D eigenvalue weighted by atomic mass is 19.1. The van der Waals surface area contributed by atoms with Crippen LogP contribution in [0.25, 0.3) is 0 Å². The standard InChI is InChI=1S/C17H25FN2O2/c1-20-16(21)17(8-2-3-9-17)14-4-6-15(7-5-14)22-12-13(10-18)11-19/h4-7,10,16,20-21H,2-3,8-9,11-12,19H2,1H3/b13-10+. The first-order valence-corrected chi connectivity index (χ1v) is 7.73. The van der Waals surface area contributed by atoms with Gasteiger partial charge in [0.15, 0.2) is 0 Å². The van der Waals surface area contributed by atoms with Crippen molar-refractivity contribution in [3.8, 4) is 5.75 Å². The third kappa shape index (κ3) is 3.48. The monoisotopic (exact) mass is 308 g/mol. The molecule has 1 fully saturated rings. The van der Waals surface area contributed by atoms with E-state index < -0.39 is 6.23 Å². The minimum Gasteiger partial charge on any atom is -0.489 e. The van der Waals surface area contributed by atoms with Crippen LogP contribution in [0.1, 0.15) is 31.2 Å². The molecule has 4 nitrogen and oxygen atoms in total. The van der Waals surface area contributed by atoms with Gasteiger partial charge in [-0.25, -0.2) is 4.39 Å². The Morgan fingerprint density at radius 1 is 1.41 bits per heavy atom. The highest BCUT2D eigenvalue weighted by Gasteiger charge is 2.41. The van der Waals surface area contributed by atoms with Crippen molar-refractivity contribution >= 4 is 0 Å². The molecular formula is C17H25FN2O2. The van der Waals surface area contributed by atoms with Gasteiger partial charge in [-0.2, -0.15) is 0 Å². The summed E-state index contributed by atoms with van der Waals surface area (Å²) in [5.41, 5.74) is 6.70. The molecule has 0 heterocycles. The van der Waals surface area contributed by atoms with Crippen LogP contribution in [0.5, 0.6) is 5.75 Å². The molecule has 1 aliphatic rings. The molecule has 1 aromatic rings. The Morgan fingerprint density at radius 2 is 2.05 bits per heavy atom. The van der Waals surface area contributed by atoms with Crippen molar-refractivity contribution < 1.29 is 14.2 Å². The van der Waals surface area contributed by atoms with E-state index in [1.54, 1.807) is 7.05 Å². The summed E-state index contributed by atoms with van der Waals surface area (Å²) in [6, 6.07) is 7.71. The number of aliphatic hydroxyl groups is 1. The summed E-state index contributed by atoms with van der Waals surface area (Å²) >= 11 is 0. The fourth-order valence-corrected chi connectivity index (χ4v) is 3.20. The van der Waals surface area contributed by atoms with E-state index in [1.165, 1.54) is 0 Å². The van der Waals surface area contributed by atoms with Gasteiger partial charge in [-0.05, 0) is 37.6 Å². The largest absolute Gasteiger partial charge is 0.489 e. The van der Waals surface area contributed by atoms with E-state index in [0.717, 1.165) is 31.2 Å². The van der Waals surface area contributed by atoms with E-state index >= 15 is 0 Å². The molecule has 1 aliphatic carbocycles. The molecule has 0 amide bonds. The Hall–Kier alpha value is -1.43. The van der Waals surface area contributed by atoms with Crippen molar-refractivity contribution in [2.45, 2.75) is 37.3 Å². The SMILES string of the molecule is CNC(O)C1(c2ccc(OC/C(=C/F)CN)cc2)CCCC1. The summed E-state index contributed by atoms with van der Waals surface area (Å²) in [4.78, 5) is 0. The lowest BCUT2D eigenvalue weighted by Crippen LogP contribution is -2.45. The predicted molar refractivity (Wildman–Crippen MR) is 85.4 cm³/mol. The van der Waals surface area contributed by atoms with Crippen LogP contribution in [-0.4, -0.2) is 31.5 Å². The number of nitrogens with two attached hydrogens (primary N) is 1. The molecule has 22 heavy (non-hydrogen) atoms. The smallest absolute Gasteiger partial charge is 0.119 e. The Kier molecular flexibility index (Phi) is 5.94. The second kappa shape index (κ2) is 7.72. The summed E-state index contributed by atoms with van der Waals surface area (Å²) in [5.74, 6) is 0.670. The highest BCUT2D eigenvalue weighted by Crippen LogP contribution is 2.43. The van der Waals surface area contributed by atoms with Crippen molar-refractivity contribution in [1.82, 2.24) is 5.32 Å². The number of hydrogen-bond donors (Lipinski definition) is 3. The molecule has 1 unspecified atom stereocenters. The van der Waals surface area contributed by atoms with E-state index in [0.29, 0.717) is 17.7 Å². The van der Waals surface area contributed by atoms with E-state index in [9.17, 15) is 9.50 Å². The number of hydrogen-bond acceptors (Lipinski definition) is 4. The predicted octanol–water partition coefficient (Wildman–Crippen LogP) is 2.23. The minimum atomic E-state index is -0.555. The number of ether oxygens (including phenoxy) is 1. The first-order valence-electron chi connectivity index (χ1n) is 7.73. The minimum absolute atomic E-state index is 0.145. The van der Waals surface area contributed by atoms with Crippen molar-refractivity contribution in [1.29, 1.82) is 0 Å². The lowest BCUT2D eigenvalue weighted by Gasteiger charge is -2.34. The van der Waals surface area contributed by atoms with Crippen LogP contribution >= 0.6 is 0 Å². The van der Waals surface area contributed by atoms with Gasteiger partial charge in [0, 0.05) is 17.5 Å². The number of aliphatic hydroxyl groups excluding tert-OH is 1. The van der Waals surface area contributed by atoms with Crippen LogP contribution in [-0.2, 0) is 5.41 Å². The molecule has 1 aromatic carbocycles. The van der Waals surface area contributed by atoms with Crippen LogP contribution in [0, 0.1) is 0 Å². The van der Waals surface area contributed by atoms with Gasteiger partial charge in [-0.3, -0.25) is 5.32 Å². The summed E-state index contributed by atoms with van der Waals surface area (Å²) in [6.07, 6.45) is 4.12. The van der Waals surface area contributed by atoms with Gasteiger partial charge in [0.2, 0.25) is 0 Å². The third-order valence-electron chi connectivity index (χ3n) is 4.56. The Morgan fingerprint density at radius 3 is 2.55 bits per heavy atom. The molecule has 0 saturated heterocycles. The molecule has 0 aliphatic heterocycles. The third-order valence-corrected chi connectivity index (χ3v) is 4.56. The van der Waals surface area contributed by atoms with Crippen molar-refractivity contribution in [2.75, 3.05) is 20.2 Å². The van der Waals surface area contributed by atoms with Crippen molar-refractivity contribution in [3.63, 3.8) is 0 Å². The quantitative estimate of drug-likeness (QED) is 0.676. The van der Waals surface area contributed by atoms with Gasteiger partial charge in [0.1, 0.15) is 18.6 Å². The summed E-state index contributed by atoms with van der Waals surface area (Å²) in [7, 11) is 1.78. The average molecular weight is 308 g/mol. The lowest BCUT2D eigenvalue weighted by molar-refractivity contribution is 0.0587. The van der Waals surface area contributed by atoms with Gasteiger partial charge in [0.25, 0.3) is 0 Å². The summed E-state index contributed by atoms with van der Waals surface area (Å²) in [6.45, 7) is 0.294. The van der Waals surface area contributed by atoms with E-state index in [1.807, 2.05) is 24.3 Å². The normalized spacial score (nSPS) is 19.2. The Bertz CT molecular complexity index is 496. The van der Waals surface area contributed by atoms with Crippen LogP contribution in [0.4, 0.5) is 4.39 Å². The maximum absolute atomic E-state index is 12.5. The van der Waals surface area contributed by atoms with E-state index in [-0.39, 0.29) is 18.6 Å². The zero-order valence-electron chi connectivity index (χ0n) is 13.0. The molecule has 5 heteroatoms. The first-order chi connectivity index (χ1) is 10.7. The number of halogens is 1. The fraction of sp³-hybridized carbons (Fsp3) is 0.529. The van der Waals surface area contributed by atoms with Gasteiger partial charge in [-0.1, -0.05) is 25.0 Å². The highest BCUT2D eigenvalue weighted by molar-refractivity contribution is 5.34. The maximum atomic E-state index is 12.5. The second-order valence-electron chi connectivity index (χ2n) is 5.84. The number of benzene rings is 1. The molecule has 1 atom stereocenters. The zero-order valence-corrected chi connectivity index (χ0v) is 13.0. The van der Waals surface area contributed by atoms with Gasteiger partial charge < -0.3 is 15.6 Å². The van der Waals surface area contributed by atoms with Crippen molar-refractivity contribution in [2.24, 2.45) is 5.73 Å². The van der Waals surface area contributed by atoms with Gasteiger partial charge in [-0.15, -0.1) is 0 Å². The van der Waals surface area contributed by atoms with Gasteiger partial charge >= 0.3 is 0 Å². The topological polar surface area (TPSA) is 67.5 Å². The summed E-state index contributed by atoms with van der Waals surface area (Å²) in [5, 5.41) is 13.3. The van der Waals surface area contributed by atoms with Crippen LogP contribution in [0.2, 0.25) is 0 Å². The molecule has 0 aromatic heterocycles. The number of rotatable bonds is 7. The van der Waals surface area contributed by atoms with Crippen LogP contribution in [0.15, 0.2) is 36.2 Å². The van der Waals surface area contributed by atoms with Crippen molar-refractivity contribution in [3.05, 3.63) is 41.7 Å². The number of nitrogens with one attached hydrogen (secondary N) is 1. The zero-order chi connectivity index (χ0) is 16.0. The van der Waals surface area contributed by atoms with E-state index in [4.69, 9.17) is 10.5 Å². The molecule has 2 rings (SSSR count). The molecule has 0 bridgehead atoms. The van der Waals surface area contributed by atoms with Crippen LogP contribution in [0.3, 0.4) is 0 Å². The Balaban J connectivity index is 2.10. The van der Waals surface area contributed by atoms with Gasteiger partial charge in [0.05, 0.1) is 6.33 Å².